The molecule has 0 radical (unpaired) electrons. The molecule has 1 aromatic carbocycles. The van der Waals surface area contributed by atoms with Gasteiger partial charge in [-0.2, -0.15) is 5.10 Å². The van der Waals surface area contributed by atoms with Crippen LogP contribution in [0.2, 0.25) is 0 Å². The highest BCUT2D eigenvalue weighted by Gasteiger charge is 2.30. The summed E-state index contributed by atoms with van der Waals surface area (Å²) in [6.07, 6.45) is 0.147. The lowest BCUT2D eigenvalue weighted by atomic mass is 10.1. The number of nitrogens with zero attached hydrogens (tertiary/aromatic N) is 2. The Hall–Kier alpha value is -3.16. The minimum atomic E-state index is -0.588. The molecule has 148 valence electrons. The molecule has 1 aromatic heterocycles. The number of aromatic amines is 1. The Labute approximate surface area is 163 Å². The predicted octanol–water partition coefficient (Wildman–Crippen LogP) is 3.16. The van der Waals surface area contributed by atoms with Crippen molar-refractivity contribution in [1.82, 2.24) is 15.1 Å². The van der Waals surface area contributed by atoms with Gasteiger partial charge in [0.15, 0.2) is 11.5 Å². The second-order valence-electron chi connectivity index (χ2n) is 7.77. The lowest BCUT2D eigenvalue weighted by Gasteiger charge is -2.30. The maximum atomic E-state index is 12.7. The van der Waals surface area contributed by atoms with Crippen LogP contribution in [-0.4, -0.2) is 45.0 Å². The van der Waals surface area contributed by atoms with Crippen LogP contribution in [0.3, 0.4) is 0 Å². The highest BCUT2D eigenvalue weighted by molar-refractivity contribution is 6.05. The summed E-state index contributed by atoms with van der Waals surface area (Å²) in [4.78, 5) is 38.2. The smallest absolute Gasteiger partial charge is 0.410 e. The summed E-state index contributed by atoms with van der Waals surface area (Å²) < 4.78 is 5.42. The molecule has 0 bridgehead atoms. The van der Waals surface area contributed by atoms with Crippen molar-refractivity contribution in [2.45, 2.75) is 46.3 Å². The van der Waals surface area contributed by atoms with E-state index >= 15 is 0 Å². The van der Waals surface area contributed by atoms with E-state index in [1.165, 1.54) is 6.92 Å². The third kappa shape index (κ3) is 4.39. The van der Waals surface area contributed by atoms with E-state index in [2.05, 4.69) is 15.5 Å². The molecule has 0 spiro atoms. The van der Waals surface area contributed by atoms with E-state index in [4.69, 9.17) is 4.74 Å². The van der Waals surface area contributed by atoms with Gasteiger partial charge in [0.1, 0.15) is 5.60 Å². The first-order valence-electron chi connectivity index (χ1n) is 9.10. The quantitative estimate of drug-likeness (QED) is 0.791. The van der Waals surface area contributed by atoms with Crippen molar-refractivity contribution in [3.8, 4) is 0 Å². The molecule has 2 heterocycles. The van der Waals surface area contributed by atoms with Gasteiger partial charge in [-0.25, -0.2) is 4.79 Å². The summed E-state index contributed by atoms with van der Waals surface area (Å²) in [5.74, 6) is -0.481. The molecule has 0 saturated carbocycles. The van der Waals surface area contributed by atoms with E-state index in [-0.39, 0.29) is 18.0 Å². The van der Waals surface area contributed by atoms with Gasteiger partial charge in [-0.3, -0.25) is 14.7 Å². The molecule has 0 saturated heterocycles. The first kappa shape index (κ1) is 19.6. The van der Waals surface area contributed by atoms with E-state index in [0.717, 1.165) is 5.69 Å². The monoisotopic (exact) mass is 384 g/mol. The minimum absolute atomic E-state index is 0.0822. The highest BCUT2D eigenvalue weighted by Crippen LogP contribution is 2.23. The summed E-state index contributed by atoms with van der Waals surface area (Å²) in [5, 5.41) is 9.79. The van der Waals surface area contributed by atoms with Crippen LogP contribution in [0, 0.1) is 0 Å². The molecule has 2 aromatic rings. The van der Waals surface area contributed by atoms with Crippen LogP contribution in [0.1, 0.15) is 59.8 Å². The van der Waals surface area contributed by atoms with Crippen molar-refractivity contribution >= 4 is 23.5 Å². The van der Waals surface area contributed by atoms with Gasteiger partial charge in [-0.1, -0.05) is 12.1 Å². The van der Waals surface area contributed by atoms with E-state index in [1.807, 2.05) is 20.8 Å². The molecule has 0 aliphatic carbocycles. The highest BCUT2D eigenvalue weighted by atomic mass is 16.6. The fraction of sp³-hybridized carbons (Fsp3) is 0.400. The lowest BCUT2D eigenvalue weighted by Crippen LogP contribution is -2.40. The average Bonchev–Trinajstić information content (AvgIpc) is 3.03. The van der Waals surface area contributed by atoms with Gasteiger partial charge in [0.2, 0.25) is 0 Å². The first-order valence-corrected chi connectivity index (χ1v) is 9.10. The van der Waals surface area contributed by atoms with Gasteiger partial charge in [0, 0.05) is 35.5 Å². The Morgan fingerprint density at radius 2 is 2.00 bits per heavy atom. The molecular weight excluding hydrogens is 360 g/mol. The number of hydrogen-bond acceptors (Lipinski definition) is 5. The fourth-order valence-corrected chi connectivity index (χ4v) is 2.97. The average molecular weight is 384 g/mol. The van der Waals surface area contributed by atoms with E-state index < -0.39 is 17.6 Å². The summed E-state index contributed by atoms with van der Waals surface area (Å²) in [5.41, 5.74) is 2.18. The summed E-state index contributed by atoms with van der Waals surface area (Å²) in [7, 11) is 0. The van der Waals surface area contributed by atoms with Crippen LogP contribution in [-0.2, 0) is 17.7 Å². The van der Waals surface area contributed by atoms with Crippen molar-refractivity contribution in [3.63, 3.8) is 0 Å². The maximum absolute atomic E-state index is 12.7. The van der Waals surface area contributed by atoms with Gasteiger partial charge < -0.3 is 15.0 Å². The van der Waals surface area contributed by atoms with Gasteiger partial charge in [-0.05, 0) is 39.8 Å². The van der Waals surface area contributed by atoms with Crippen molar-refractivity contribution in [3.05, 3.63) is 46.8 Å². The number of Topliss-reactive ketones (excluding diaryl/α,β-unsaturated/α-hetero) is 1. The van der Waals surface area contributed by atoms with Gasteiger partial charge in [0.05, 0.1) is 6.54 Å². The number of fused-ring (bicyclic) bond motifs is 1. The first-order chi connectivity index (χ1) is 13.1. The number of H-pyrrole nitrogens is 1. The number of ketones is 1. The molecule has 0 fully saturated rings. The predicted molar refractivity (Wildman–Crippen MR) is 103 cm³/mol. The molecule has 0 unspecified atom stereocenters. The zero-order chi connectivity index (χ0) is 20.5. The van der Waals surface area contributed by atoms with Gasteiger partial charge >= 0.3 is 6.09 Å². The van der Waals surface area contributed by atoms with E-state index in [0.29, 0.717) is 29.8 Å². The Morgan fingerprint density at radius 1 is 1.25 bits per heavy atom. The van der Waals surface area contributed by atoms with Crippen LogP contribution in [0.15, 0.2) is 24.3 Å². The zero-order valence-electron chi connectivity index (χ0n) is 16.5. The number of hydrogen-bond donors (Lipinski definition) is 2. The Balaban J connectivity index is 1.76. The molecule has 8 heteroatoms. The van der Waals surface area contributed by atoms with Crippen molar-refractivity contribution in [2.24, 2.45) is 0 Å². The number of ether oxygens (including phenoxy) is 1. The largest absolute Gasteiger partial charge is 0.444 e. The second kappa shape index (κ2) is 7.46. The number of amides is 2. The molecule has 28 heavy (non-hydrogen) atoms. The van der Waals surface area contributed by atoms with Crippen LogP contribution in [0.5, 0.6) is 0 Å². The standard InChI is InChI=1S/C20H24N4O4/c1-12(25)13-6-5-7-14(10-13)21-18(26)17-15-11-24(9-8-16(15)22-23-17)19(27)28-20(2,3)4/h5-7,10H,8-9,11H2,1-4H3,(H,21,26)(H,22,23). The summed E-state index contributed by atoms with van der Waals surface area (Å²) in [6, 6.07) is 6.71. The summed E-state index contributed by atoms with van der Waals surface area (Å²) >= 11 is 0. The molecule has 2 N–H and O–H groups in total. The van der Waals surface area contributed by atoms with Gasteiger partial charge in [-0.15, -0.1) is 0 Å². The van der Waals surface area contributed by atoms with Crippen molar-refractivity contribution < 1.29 is 19.1 Å². The zero-order valence-corrected chi connectivity index (χ0v) is 16.5. The van der Waals surface area contributed by atoms with Crippen LogP contribution in [0.4, 0.5) is 10.5 Å². The Bertz CT molecular complexity index is 927. The van der Waals surface area contributed by atoms with Gasteiger partial charge in [0.25, 0.3) is 5.91 Å². The number of rotatable bonds is 3. The fourth-order valence-electron chi connectivity index (χ4n) is 2.97. The van der Waals surface area contributed by atoms with Crippen LogP contribution in [0.25, 0.3) is 0 Å². The SMILES string of the molecule is CC(=O)c1cccc(NC(=O)c2n[nH]c3c2CN(C(=O)OC(C)(C)C)CC3)c1. The molecular formula is C20H24N4O4. The maximum Gasteiger partial charge on any atom is 0.410 e. The third-order valence-corrected chi connectivity index (χ3v) is 4.33. The second-order valence-corrected chi connectivity index (χ2v) is 7.77. The third-order valence-electron chi connectivity index (χ3n) is 4.33. The number of nitrogens with one attached hydrogen (secondary N) is 2. The summed E-state index contributed by atoms with van der Waals surface area (Å²) in [6.45, 7) is 7.64. The molecule has 1 aliphatic heterocycles. The Morgan fingerprint density at radius 3 is 2.68 bits per heavy atom. The van der Waals surface area contributed by atoms with E-state index in [9.17, 15) is 14.4 Å². The number of carbonyl (C=O) groups excluding carboxylic acids is 3. The van der Waals surface area contributed by atoms with Crippen LogP contribution < -0.4 is 5.32 Å². The van der Waals surface area contributed by atoms with Crippen molar-refractivity contribution in [1.29, 1.82) is 0 Å². The minimum Gasteiger partial charge on any atom is -0.444 e. The normalized spacial score (nSPS) is 13.6. The molecule has 0 atom stereocenters. The topological polar surface area (TPSA) is 104 Å². The number of aromatic nitrogens is 2. The molecule has 8 nitrogen and oxygen atoms in total. The molecule has 3 rings (SSSR count). The number of benzene rings is 1. The molecule has 2 amide bonds. The number of anilines is 1. The lowest BCUT2D eigenvalue weighted by molar-refractivity contribution is 0.0222. The van der Waals surface area contributed by atoms with E-state index in [1.54, 1.807) is 29.2 Å². The Kier molecular flexibility index (Phi) is 5.22. The molecule has 1 aliphatic rings. The number of carbonyl (C=O) groups is 3. The van der Waals surface area contributed by atoms with Crippen molar-refractivity contribution in [2.75, 3.05) is 11.9 Å². The van der Waals surface area contributed by atoms with Crippen LogP contribution >= 0.6 is 0 Å².